The third kappa shape index (κ3) is 2.04. The van der Waals surface area contributed by atoms with Crippen molar-refractivity contribution in [2.24, 2.45) is 23.7 Å². The van der Waals surface area contributed by atoms with Crippen molar-refractivity contribution in [3.8, 4) is 0 Å². The largest absolute Gasteiger partial charge is 0.478 e. The van der Waals surface area contributed by atoms with Gasteiger partial charge in [-0.05, 0) is 42.0 Å². The fraction of sp³-hybridized carbons (Fsp3) is 0.278. The third-order valence-electron chi connectivity index (χ3n) is 5.02. The Morgan fingerprint density at radius 1 is 1.13 bits per heavy atom. The van der Waals surface area contributed by atoms with Crippen LogP contribution in [0.25, 0.3) is 6.08 Å². The zero-order valence-corrected chi connectivity index (χ0v) is 12.3. The molecule has 1 saturated heterocycles. The lowest BCUT2D eigenvalue weighted by Gasteiger charge is -2.17. The van der Waals surface area contributed by atoms with Crippen molar-refractivity contribution in [1.29, 1.82) is 0 Å². The summed E-state index contributed by atoms with van der Waals surface area (Å²) in [7, 11) is 0. The number of allylic oxidation sites excluding steroid dienone is 2. The molecule has 1 N–H and O–H groups in total. The summed E-state index contributed by atoms with van der Waals surface area (Å²) < 4.78 is 0. The molecule has 0 radical (unpaired) electrons. The SMILES string of the molecule is O=C(O)/C=C/c1cccc(N2C(=O)C3C4C=CC(C4)C3C2=O)c1. The minimum absolute atomic E-state index is 0.129. The lowest BCUT2D eigenvalue weighted by Crippen LogP contribution is -2.32. The molecule has 4 rings (SSSR count). The molecule has 23 heavy (non-hydrogen) atoms. The number of fused-ring (bicyclic) bond motifs is 5. The van der Waals surface area contributed by atoms with Crippen molar-refractivity contribution in [1.82, 2.24) is 0 Å². The maximum absolute atomic E-state index is 12.7. The Morgan fingerprint density at radius 3 is 2.39 bits per heavy atom. The topological polar surface area (TPSA) is 74.7 Å². The van der Waals surface area contributed by atoms with E-state index >= 15 is 0 Å². The first-order chi connectivity index (χ1) is 11.1. The van der Waals surface area contributed by atoms with Crippen molar-refractivity contribution < 1.29 is 19.5 Å². The fourth-order valence-corrected chi connectivity index (χ4v) is 4.09. The monoisotopic (exact) mass is 309 g/mol. The van der Waals surface area contributed by atoms with Crippen molar-refractivity contribution in [3.05, 3.63) is 48.1 Å². The molecule has 1 heterocycles. The van der Waals surface area contributed by atoms with Crippen LogP contribution >= 0.6 is 0 Å². The van der Waals surface area contributed by atoms with Crippen molar-refractivity contribution in [2.45, 2.75) is 6.42 Å². The highest BCUT2D eigenvalue weighted by atomic mass is 16.4. The lowest BCUT2D eigenvalue weighted by atomic mass is 9.85. The molecule has 3 aliphatic rings. The van der Waals surface area contributed by atoms with Gasteiger partial charge in [-0.1, -0.05) is 24.3 Å². The second kappa shape index (κ2) is 4.91. The van der Waals surface area contributed by atoms with Gasteiger partial charge in [0.15, 0.2) is 0 Å². The molecular formula is C18H15NO4. The van der Waals surface area contributed by atoms with E-state index in [2.05, 4.69) is 12.2 Å². The van der Waals surface area contributed by atoms with Gasteiger partial charge in [0.05, 0.1) is 17.5 Å². The standard InChI is InChI=1S/C18H15NO4/c20-14(21)7-4-10-2-1-3-13(8-10)19-17(22)15-11-5-6-12(9-11)16(15)18(19)23/h1-8,11-12,15-16H,9H2,(H,20,21)/b7-4+. The number of hydrogen-bond donors (Lipinski definition) is 1. The number of carbonyl (C=O) groups excluding carboxylic acids is 2. The molecule has 5 nitrogen and oxygen atoms in total. The number of carbonyl (C=O) groups is 3. The van der Waals surface area contributed by atoms with Crippen LogP contribution in [0, 0.1) is 23.7 Å². The molecule has 116 valence electrons. The first-order valence-electron chi connectivity index (χ1n) is 7.63. The molecule has 2 amide bonds. The lowest BCUT2D eigenvalue weighted by molar-refractivity contribution is -0.131. The minimum Gasteiger partial charge on any atom is -0.478 e. The minimum atomic E-state index is -1.04. The molecule has 2 fully saturated rings. The van der Waals surface area contributed by atoms with Gasteiger partial charge in [0.25, 0.3) is 0 Å². The van der Waals surface area contributed by atoms with Crippen LogP contribution in [0.15, 0.2) is 42.5 Å². The molecule has 2 aliphatic carbocycles. The number of benzene rings is 1. The zero-order valence-electron chi connectivity index (χ0n) is 12.3. The maximum atomic E-state index is 12.7. The third-order valence-corrected chi connectivity index (χ3v) is 5.02. The van der Waals surface area contributed by atoms with Gasteiger partial charge in [-0.2, -0.15) is 0 Å². The van der Waals surface area contributed by atoms with Crippen LogP contribution in [0.4, 0.5) is 5.69 Å². The average Bonchev–Trinajstić information content (AvgIpc) is 3.20. The van der Waals surface area contributed by atoms with Crippen LogP contribution in [-0.2, 0) is 14.4 Å². The van der Waals surface area contributed by atoms with Crippen LogP contribution in [0.1, 0.15) is 12.0 Å². The Bertz CT molecular complexity index is 749. The van der Waals surface area contributed by atoms with Gasteiger partial charge in [-0.15, -0.1) is 0 Å². The summed E-state index contributed by atoms with van der Waals surface area (Å²) in [6.07, 6.45) is 7.51. The summed E-state index contributed by atoms with van der Waals surface area (Å²) in [5, 5.41) is 8.70. The van der Waals surface area contributed by atoms with Crippen molar-refractivity contribution >= 4 is 29.5 Å². The number of hydrogen-bond acceptors (Lipinski definition) is 3. The predicted octanol–water partition coefficient (Wildman–Crippen LogP) is 2.10. The summed E-state index contributed by atoms with van der Waals surface area (Å²) in [5.41, 5.74) is 1.16. The van der Waals surface area contributed by atoms with E-state index in [0.29, 0.717) is 11.3 Å². The van der Waals surface area contributed by atoms with Gasteiger partial charge >= 0.3 is 5.97 Å². The van der Waals surface area contributed by atoms with Gasteiger partial charge in [-0.3, -0.25) is 9.59 Å². The van der Waals surface area contributed by atoms with Crippen molar-refractivity contribution in [3.63, 3.8) is 0 Å². The number of carboxylic acids is 1. The van der Waals surface area contributed by atoms with E-state index in [0.717, 1.165) is 12.5 Å². The number of carboxylic acid groups (broad SMARTS) is 1. The molecule has 5 heteroatoms. The fourth-order valence-electron chi connectivity index (χ4n) is 4.09. The Balaban J connectivity index is 1.67. The number of imide groups is 1. The second-order valence-electron chi connectivity index (χ2n) is 6.28. The molecule has 1 saturated carbocycles. The summed E-state index contributed by atoms with van der Waals surface area (Å²) in [6.45, 7) is 0. The van der Waals surface area contributed by atoms with Gasteiger partial charge in [0.1, 0.15) is 0 Å². The normalized spacial score (nSPS) is 31.4. The van der Waals surface area contributed by atoms with E-state index in [-0.39, 0.29) is 35.5 Å². The van der Waals surface area contributed by atoms with E-state index in [1.54, 1.807) is 24.3 Å². The van der Waals surface area contributed by atoms with Crippen LogP contribution in [-0.4, -0.2) is 22.9 Å². The molecule has 4 atom stereocenters. The van der Waals surface area contributed by atoms with Crippen LogP contribution in [0.3, 0.4) is 0 Å². The molecular weight excluding hydrogens is 294 g/mol. The number of rotatable bonds is 3. The van der Waals surface area contributed by atoms with E-state index in [9.17, 15) is 14.4 Å². The first kappa shape index (κ1) is 13.9. The molecule has 0 spiro atoms. The Morgan fingerprint density at radius 2 is 1.78 bits per heavy atom. The molecule has 0 aromatic heterocycles. The van der Waals surface area contributed by atoms with E-state index in [1.807, 2.05) is 0 Å². The van der Waals surface area contributed by atoms with Crippen LogP contribution in [0.5, 0.6) is 0 Å². The highest BCUT2D eigenvalue weighted by molar-refractivity contribution is 6.22. The van der Waals surface area contributed by atoms with Crippen LogP contribution < -0.4 is 4.90 Å². The summed E-state index contributed by atoms with van der Waals surface area (Å²) in [4.78, 5) is 37.3. The highest BCUT2D eigenvalue weighted by Gasteiger charge is 2.59. The number of aliphatic carboxylic acids is 1. The zero-order chi connectivity index (χ0) is 16.1. The molecule has 1 aromatic rings. The smallest absolute Gasteiger partial charge is 0.328 e. The Kier molecular flexibility index (Phi) is 2.98. The Hall–Kier alpha value is -2.69. The summed E-state index contributed by atoms with van der Waals surface area (Å²) in [6, 6.07) is 6.84. The summed E-state index contributed by atoms with van der Waals surface area (Å²) >= 11 is 0. The van der Waals surface area contributed by atoms with Gasteiger partial charge in [0.2, 0.25) is 11.8 Å². The highest BCUT2D eigenvalue weighted by Crippen LogP contribution is 2.53. The van der Waals surface area contributed by atoms with E-state index in [4.69, 9.17) is 5.11 Å². The molecule has 1 aromatic carbocycles. The molecule has 4 unspecified atom stereocenters. The van der Waals surface area contributed by atoms with Crippen molar-refractivity contribution in [2.75, 3.05) is 4.90 Å². The van der Waals surface area contributed by atoms with E-state index in [1.165, 1.54) is 11.0 Å². The average molecular weight is 309 g/mol. The first-order valence-corrected chi connectivity index (χ1v) is 7.63. The summed E-state index contributed by atoms with van der Waals surface area (Å²) in [5.74, 6) is -1.39. The molecule has 1 aliphatic heterocycles. The molecule has 2 bridgehead atoms. The number of anilines is 1. The quantitative estimate of drug-likeness (QED) is 0.527. The Labute approximate surface area is 132 Å². The number of nitrogens with zero attached hydrogens (tertiary/aromatic N) is 1. The van der Waals surface area contributed by atoms with Gasteiger partial charge in [0, 0.05) is 6.08 Å². The number of amides is 2. The second-order valence-corrected chi connectivity index (χ2v) is 6.28. The van der Waals surface area contributed by atoms with Gasteiger partial charge < -0.3 is 5.11 Å². The van der Waals surface area contributed by atoms with E-state index < -0.39 is 5.97 Å². The van der Waals surface area contributed by atoms with Crippen LogP contribution in [0.2, 0.25) is 0 Å². The van der Waals surface area contributed by atoms with Gasteiger partial charge in [-0.25, -0.2) is 9.69 Å². The predicted molar refractivity (Wildman–Crippen MR) is 83.3 cm³/mol. The maximum Gasteiger partial charge on any atom is 0.328 e.